The van der Waals surface area contributed by atoms with Crippen molar-refractivity contribution in [1.82, 2.24) is 5.32 Å². The summed E-state index contributed by atoms with van der Waals surface area (Å²) in [7, 11) is 1.63. The molecule has 0 aliphatic carbocycles. The first kappa shape index (κ1) is 15.7. The van der Waals surface area contributed by atoms with Gasteiger partial charge in [-0.3, -0.25) is 0 Å². The first-order chi connectivity index (χ1) is 10.3. The Morgan fingerprint density at radius 3 is 2.43 bits per heavy atom. The molecule has 0 aliphatic rings. The van der Waals surface area contributed by atoms with E-state index in [-0.39, 0.29) is 0 Å². The fourth-order valence-corrected chi connectivity index (χ4v) is 2.25. The van der Waals surface area contributed by atoms with Crippen molar-refractivity contribution in [1.29, 1.82) is 0 Å². The van der Waals surface area contributed by atoms with Crippen LogP contribution in [0, 0.1) is 0 Å². The Hall–Kier alpha value is -1.71. The Labute approximate surface area is 130 Å². The lowest BCUT2D eigenvalue weighted by molar-refractivity contribution is 0.377. The predicted molar refractivity (Wildman–Crippen MR) is 86.5 cm³/mol. The highest BCUT2D eigenvalue weighted by Gasteiger charge is 2.11. The molecule has 0 atom stereocenters. The number of para-hydroxylation sites is 2. The second-order valence-electron chi connectivity index (χ2n) is 4.65. The molecule has 0 amide bonds. The second kappa shape index (κ2) is 7.91. The third kappa shape index (κ3) is 4.13. The minimum Gasteiger partial charge on any atom is -0.493 e. The van der Waals surface area contributed by atoms with Gasteiger partial charge >= 0.3 is 0 Å². The van der Waals surface area contributed by atoms with Crippen molar-refractivity contribution in [3.8, 4) is 17.2 Å². The predicted octanol–water partition coefficient (Wildman–Crippen LogP) is 4.64. The maximum absolute atomic E-state index is 6.30. The summed E-state index contributed by atoms with van der Waals surface area (Å²) >= 11 is 6.30. The summed E-state index contributed by atoms with van der Waals surface area (Å²) in [5, 5.41) is 4.05. The van der Waals surface area contributed by atoms with Gasteiger partial charge in [-0.05, 0) is 37.2 Å². The summed E-state index contributed by atoms with van der Waals surface area (Å²) in [6, 6.07) is 13.2. The summed E-state index contributed by atoms with van der Waals surface area (Å²) in [6.45, 7) is 3.75. The number of nitrogens with one attached hydrogen (secondary N) is 1. The normalized spacial score (nSPS) is 10.4. The minimum atomic E-state index is 0.679. The molecule has 0 bridgehead atoms. The third-order valence-corrected chi connectivity index (χ3v) is 3.45. The van der Waals surface area contributed by atoms with Crippen LogP contribution in [0.25, 0.3) is 0 Å². The van der Waals surface area contributed by atoms with Crippen LogP contribution in [0.5, 0.6) is 17.2 Å². The zero-order valence-corrected chi connectivity index (χ0v) is 13.1. The highest BCUT2D eigenvalue weighted by atomic mass is 35.5. The highest BCUT2D eigenvalue weighted by molar-refractivity contribution is 6.31. The maximum Gasteiger partial charge on any atom is 0.169 e. The highest BCUT2D eigenvalue weighted by Crippen LogP contribution is 2.35. The van der Waals surface area contributed by atoms with E-state index in [1.165, 1.54) is 0 Å². The van der Waals surface area contributed by atoms with E-state index in [4.69, 9.17) is 21.1 Å². The fourth-order valence-electron chi connectivity index (χ4n) is 2.02. The molecular weight excluding hydrogens is 286 g/mol. The van der Waals surface area contributed by atoms with Crippen molar-refractivity contribution in [2.24, 2.45) is 0 Å². The molecule has 0 aliphatic heterocycles. The molecule has 0 aromatic heterocycles. The molecule has 0 fully saturated rings. The lowest BCUT2D eigenvalue weighted by Crippen LogP contribution is -2.14. The first-order valence-corrected chi connectivity index (χ1v) is 7.43. The van der Waals surface area contributed by atoms with E-state index in [1.807, 2.05) is 42.5 Å². The first-order valence-electron chi connectivity index (χ1n) is 7.05. The summed E-state index contributed by atoms with van der Waals surface area (Å²) in [5.41, 5.74) is 0.957. The zero-order valence-electron chi connectivity index (χ0n) is 12.4. The number of methoxy groups -OCH3 is 1. The molecule has 21 heavy (non-hydrogen) atoms. The van der Waals surface area contributed by atoms with Crippen LogP contribution < -0.4 is 14.8 Å². The molecule has 0 spiro atoms. The molecule has 3 nitrogen and oxygen atoms in total. The van der Waals surface area contributed by atoms with Gasteiger partial charge in [-0.1, -0.05) is 36.7 Å². The average molecular weight is 306 g/mol. The van der Waals surface area contributed by atoms with Crippen LogP contribution in [0.15, 0.2) is 42.5 Å². The standard InChI is InChI=1S/C17H20ClNO2/c1-3-11-19-12-13-14(18)7-6-10-15(13)21-17-9-5-4-8-16(17)20-2/h4-10,19H,3,11-12H2,1-2H3. The van der Waals surface area contributed by atoms with Gasteiger partial charge in [0.15, 0.2) is 11.5 Å². The number of benzene rings is 2. The maximum atomic E-state index is 6.30. The third-order valence-electron chi connectivity index (χ3n) is 3.09. The molecule has 0 saturated carbocycles. The Morgan fingerprint density at radius 1 is 1.00 bits per heavy atom. The van der Waals surface area contributed by atoms with E-state index < -0.39 is 0 Å². The molecule has 2 rings (SSSR count). The zero-order chi connectivity index (χ0) is 15.1. The van der Waals surface area contributed by atoms with Crippen molar-refractivity contribution in [2.75, 3.05) is 13.7 Å². The Bertz CT molecular complexity index is 587. The van der Waals surface area contributed by atoms with E-state index >= 15 is 0 Å². The van der Waals surface area contributed by atoms with Gasteiger partial charge in [0.2, 0.25) is 0 Å². The van der Waals surface area contributed by atoms with Crippen molar-refractivity contribution in [3.63, 3.8) is 0 Å². The summed E-state index contributed by atoms with van der Waals surface area (Å²) in [6.07, 6.45) is 1.08. The van der Waals surface area contributed by atoms with Crippen molar-refractivity contribution < 1.29 is 9.47 Å². The van der Waals surface area contributed by atoms with E-state index in [0.717, 1.165) is 24.3 Å². The van der Waals surface area contributed by atoms with Crippen LogP contribution in [-0.2, 0) is 6.54 Å². The van der Waals surface area contributed by atoms with Crippen LogP contribution in [0.1, 0.15) is 18.9 Å². The van der Waals surface area contributed by atoms with Gasteiger partial charge in [0, 0.05) is 17.1 Å². The topological polar surface area (TPSA) is 30.5 Å². The van der Waals surface area contributed by atoms with E-state index in [0.29, 0.717) is 23.1 Å². The van der Waals surface area contributed by atoms with Crippen LogP contribution >= 0.6 is 11.6 Å². The summed E-state index contributed by atoms with van der Waals surface area (Å²) in [5.74, 6) is 2.12. The molecule has 2 aromatic carbocycles. The van der Waals surface area contributed by atoms with Gasteiger partial charge in [0.1, 0.15) is 5.75 Å². The molecule has 0 unspecified atom stereocenters. The monoisotopic (exact) mass is 305 g/mol. The SMILES string of the molecule is CCCNCc1c(Cl)cccc1Oc1ccccc1OC. The van der Waals surface area contributed by atoms with Crippen molar-refractivity contribution >= 4 is 11.6 Å². The van der Waals surface area contributed by atoms with Gasteiger partial charge in [-0.15, -0.1) is 0 Å². The molecule has 4 heteroatoms. The molecule has 2 aromatic rings. The summed E-state index contributed by atoms with van der Waals surface area (Å²) < 4.78 is 11.3. The van der Waals surface area contributed by atoms with Gasteiger partial charge in [0.05, 0.1) is 7.11 Å². The molecule has 0 saturated heterocycles. The Morgan fingerprint density at radius 2 is 1.71 bits per heavy atom. The van der Waals surface area contributed by atoms with Gasteiger partial charge in [0.25, 0.3) is 0 Å². The van der Waals surface area contributed by atoms with E-state index in [9.17, 15) is 0 Å². The Kier molecular flexibility index (Phi) is 5.90. The van der Waals surface area contributed by atoms with Gasteiger partial charge < -0.3 is 14.8 Å². The number of hydrogen-bond donors (Lipinski definition) is 1. The quantitative estimate of drug-likeness (QED) is 0.756. The lowest BCUT2D eigenvalue weighted by atomic mass is 10.2. The molecule has 1 N–H and O–H groups in total. The number of halogens is 1. The fraction of sp³-hybridized carbons (Fsp3) is 0.294. The van der Waals surface area contributed by atoms with Crippen molar-refractivity contribution in [2.45, 2.75) is 19.9 Å². The second-order valence-corrected chi connectivity index (χ2v) is 5.05. The van der Waals surface area contributed by atoms with Crippen molar-refractivity contribution in [3.05, 3.63) is 53.1 Å². The van der Waals surface area contributed by atoms with Crippen LogP contribution in [0.2, 0.25) is 5.02 Å². The lowest BCUT2D eigenvalue weighted by Gasteiger charge is -2.15. The molecular formula is C17H20ClNO2. The molecule has 0 radical (unpaired) electrons. The average Bonchev–Trinajstić information content (AvgIpc) is 2.50. The smallest absolute Gasteiger partial charge is 0.169 e. The van der Waals surface area contributed by atoms with E-state index in [1.54, 1.807) is 7.11 Å². The van der Waals surface area contributed by atoms with Gasteiger partial charge in [-0.25, -0.2) is 0 Å². The summed E-state index contributed by atoms with van der Waals surface area (Å²) in [4.78, 5) is 0. The molecule has 0 heterocycles. The largest absolute Gasteiger partial charge is 0.493 e. The number of rotatable bonds is 7. The minimum absolute atomic E-state index is 0.679. The van der Waals surface area contributed by atoms with Crippen LogP contribution in [0.4, 0.5) is 0 Å². The van der Waals surface area contributed by atoms with Crippen LogP contribution in [0.3, 0.4) is 0 Å². The number of hydrogen-bond acceptors (Lipinski definition) is 3. The van der Waals surface area contributed by atoms with Gasteiger partial charge in [-0.2, -0.15) is 0 Å². The van der Waals surface area contributed by atoms with E-state index in [2.05, 4.69) is 12.2 Å². The van der Waals surface area contributed by atoms with Crippen LogP contribution in [-0.4, -0.2) is 13.7 Å². The molecule has 112 valence electrons. The Balaban J connectivity index is 2.24. The number of ether oxygens (including phenoxy) is 2.